The molecule has 0 radical (unpaired) electrons. The van der Waals surface area contributed by atoms with Crippen molar-refractivity contribution in [2.75, 3.05) is 26.7 Å². The van der Waals surface area contributed by atoms with Gasteiger partial charge in [0.25, 0.3) is 0 Å². The molecule has 2 aliphatic heterocycles. The Morgan fingerprint density at radius 3 is 3.00 bits per heavy atom. The largest absolute Gasteiger partial charge is 0.354 e. The van der Waals surface area contributed by atoms with E-state index in [1.807, 2.05) is 0 Å². The molecular formula is C13H23N3O2. The van der Waals surface area contributed by atoms with Crippen molar-refractivity contribution < 1.29 is 9.59 Å². The standard InChI is InChI=1S/C13H23N3O2/c1-16-7-3-4-10(9-16)8-14-13(18)11-5-2-6-12(17)15-11/h10-11H,2-9H2,1H3,(H,14,18)(H,15,17)/t10?,11-/m1/s1. The van der Waals surface area contributed by atoms with Crippen LogP contribution in [0.2, 0.25) is 0 Å². The number of piperidine rings is 2. The van der Waals surface area contributed by atoms with Gasteiger partial charge in [-0.05, 0) is 45.2 Å². The molecule has 2 amide bonds. The van der Waals surface area contributed by atoms with Gasteiger partial charge in [0.2, 0.25) is 11.8 Å². The molecule has 0 aromatic carbocycles. The second-order valence-corrected chi connectivity index (χ2v) is 5.53. The highest BCUT2D eigenvalue weighted by atomic mass is 16.2. The number of rotatable bonds is 3. The van der Waals surface area contributed by atoms with Crippen LogP contribution in [0.5, 0.6) is 0 Å². The van der Waals surface area contributed by atoms with Gasteiger partial charge in [-0.3, -0.25) is 9.59 Å². The molecule has 2 fully saturated rings. The highest BCUT2D eigenvalue weighted by Gasteiger charge is 2.25. The number of hydrogen-bond acceptors (Lipinski definition) is 3. The summed E-state index contributed by atoms with van der Waals surface area (Å²) in [6.45, 7) is 2.94. The van der Waals surface area contributed by atoms with Gasteiger partial charge in [-0.15, -0.1) is 0 Å². The molecule has 0 saturated carbocycles. The van der Waals surface area contributed by atoms with E-state index in [9.17, 15) is 9.59 Å². The van der Waals surface area contributed by atoms with E-state index in [1.54, 1.807) is 0 Å². The Hall–Kier alpha value is -1.10. The van der Waals surface area contributed by atoms with Crippen LogP contribution >= 0.6 is 0 Å². The van der Waals surface area contributed by atoms with Gasteiger partial charge < -0.3 is 15.5 Å². The zero-order valence-electron chi connectivity index (χ0n) is 11.1. The Bertz CT molecular complexity index is 319. The zero-order chi connectivity index (χ0) is 13.0. The molecule has 2 atom stereocenters. The van der Waals surface area contributed by atoms with Crippen molar-refractivity contribution in [3.8, 4) is 0 Å². The maximum absolute atomic E-state index is 11.9. The summed E-state index contributed by atoms with van der Waals surface area (Å²) in [5.41, 5.74) is 0. The summed E-state index contributed by atoms with van der Waals surface area (Å²) >= 11 is 0. The first-order valence-corrected chi connectivity index (χ1v) is 6.91. The van der Waals surface area contributed by atoms with Crippen molar-refractivity contribution in [1.82, 2.24) is 15.5 Å². The molecule has 2 aliphatic rings. The van der Waals surface area contributed by atoms with Crippen LogP contribution in [0.1, 0.15) is 32.1 Å². The molecule has 18 heavy (non-hydrogen) atoms. The Balaban J connectivity index is 1.72. The molecular weight excluding hydrogens is 230 g/mol. The summed E-state index contributed by atoms with van der Waals surface area (Å²) in [5.74, 6) is 0.530. The van der Waals surface area contributed by atoms with Crippen LogP contribution in [0.25, 0.3) is 0 Å². The first-order valence-electron chi connectivity index (χ1n) is 6.91. The van der Waals surface area contributed by atoms with Gasteiger partial charge >= 0.3 is 0 Å². The van der Waals surface area contributed by atoms with E-state index in [0.717, 1.165) is 32.5 Å². The lowest BCUT2D eigenvalue weighted by Crippen LogP contribution is -2.50. The molecule has 0 spiro atoms. The molecule has 2 N–H and O–H groups in total. The summed E-state index contributed by atoms with van der Waals surface area (Å²) < 4.78 is 0. The van der Waals surface area contributed by atoms with Crippen molar-refractivity contribution in [3.63, 3.8) is 0 Å². The fraction of sp³-hybridized carbons (Fsp3) is 0.846. The number of carbonyl (C=O) groups excluding carboxylic acids is 2. The number of hydrogen-bond donors (Lipinski definition) is 2. The molecule has 0 bridgehead atoms. The number of nitrogens with one attached hydrogen (secondary N) is 2. The minimum atomic E-state index is -0.312. The number of carbonyl (C=O) groups is 2. The van der Waals surface area contributed by atoms with Crippen molar-refractivity contribution in [3.05, 3.63) is 0 Å². The van der Waals surface area contributed by atoms with Crippen molar-refractivity contribution >= 4 is 11.8 Å². The second kappa shape index (κ2) is 6.18. The maximum Gasteiger partial charge on any atom is 0.242 e. The van der Waals surface area contributed by atoms with Crippen LogP contribution in [-0.4, -0.2) is 49.4 Å². The fourth-order valence-electron chi connectivity index (χ4n) is 2.81. The Kier molecular flexibility index (Phi) is 4.58. The molecule has 2 saturated heterocycles. The smallest absolute Gasteiger partial charge is 0.242 e. The molecule has 2 rings (SSSR count). The molecule has 0 aliphatic carbocycles. The van der Waals surface area contributed by atoms with Crippen LogP contribution < -0.4 is 10.6 Å². The van der Waals surface area contributed by atoms with E-state index in [0.29, 0.717) is 12.3 Å². The third-order valence-electron chi connectivity index (χ3n) is 3.84. The van der Waals surface area contributed by atoms with Gasteiger partial charge in [0.15, 0.2) is 0 Å². The first kappa shape index (κ1) is 13.3. The third kappa shape index (κ3) is 3.70. The minimum Gasteiger partial charge on any atom is -0.354 e. The van der Waals surface area contributed by atoms with Crippen molar-refractivity contribution in [1.29, 1.82) is 0 Å². The summed E-state index contributed by atoms with van der Waals surface area (Å²) in [5, 5.41) is 5.73. The Morgan fingerprint density at radius 1 is 1.44 bits per heavy atom. The lowest BCUT2D eigenvalue weighted by atomic mass is 9.98. The maximum atomic E-state index is 11.9. The third-order valence-corrected chi connectivity index (χ3v) is 3.84. The first-order chi connectivity index (χ1) is 8.65. The minimum absolute atomic E-state index is 0.00111. The summed E-state index contributed by atoms with van der Waals surface area (Å²) in [7, 11) is 2.12. The van der Waals surface area contributed by atoms with E-state index in [4.69, 9.17) is 0 Å². The van der Waals surface area contributed by atoms with E-state index in [2.05, 4.69) is 22.6 Å². The lowest BCUT2D eigenvalue weighted by molar-refractivity contribution is -0.131. The predicted molar refractivity (Wildman–Crippen MR) is 69.0 cm³/mol. The Morgan fingerprint density at radius 2 is 2.28 bits per heavy atom. The van der Waals surface area contributed by atoms with Crippen molar-refractivity contribution in [2.45, 2.75) is 38.1 Å². The van der Waals surface area contributed by atoms with E-state index >= 15 is 0 Å². The van der Waals surface area contributed by atoms with Gasteiger partial charge in [-0.1, -0.05) is 0 Å². The molecule has 2 heterocycles. The number of amides is 2. The van der Waals surface area contributed by atoms with Crippen LogP contribution in [-0.2, 0) is 9.59 Å². The average molecular weight is 253 g/mol. The predicted octanol–water partition coefficient (Wildman–Crippen LogP) is 0.113. The number of nitrogens with zero attached hydrogens (tertiary/aromatic N) is 1. The van der Waals surface area contributed by atoms with Crippen LogP contribution in [0.3, 0.4) is 0 Å². The second-order valence-electron chi connectivity index (χ2n) is 5.53. The highest BCUT2D eigenvalue weighted by Crippen LogP contribution is 2.14. The number of likely N-dealkylation sites (tertiary alicyclic amines) is 1. The highest BCUT2D eigenvalue weighted by molar-refractivity contribution is 5.88. The molecule has 0 aromatic heterocycles. The van der Waals surface area contributed by atoms with Crippen molar-refractivity contribution in [2.24, 2.45) is 5.92 Å². The zero-order valence-corrected chi connectivity index (χ0v) is 11.1. The summed E-state index contributed by atoms with van der Waals surface area (Å²) in [6, 6.07) is -0.312. The van der Waals surface area contributed by atoms with E-state index in [1.165, 1.54) is 12.8 Å². The topological polar surface area (TPSA) is 61.4 Å². The van der Waals surface area contributed by atoms with Gasteiger partial charge in [-0.2, -0.15) is 0 Å². The van der Waals surface area contributed by atoms with Crippen LogP contribution in [0.15, 0.2) is 0 Å². The van der Waals surface area contributed by atoms with E-state index in [-0.39, 0.29) is 17.9 Å². The van der Waals surface area contributed by atoms with Crippen LogP contribution in [0, 0.1) is 5.92 Å². The lowest BCUT2D eigenvalue weighted by Gasteiger charge is -2.30. The van der Waals surface area contributed by atoms with Gasteiger partial charge in [0.1, 0.15) is 6.04 Å². The van der Waals surface area contributed by atoms with Crippen LogP contribution in [0.4, 0.5) is 0 Å². The summed E-state index contributed by atoms with van der Waals surface area (Å²) in [4.78, 5) is 25.5. The average Bonchev–Trinajstić information content (AvgIpc) is 2.36. The molecule has 1 unspecified atom stereocenters. The molecule has 0 aromatic rings. The summed E-state index contributed by atoms with van der Waals surface area (Å²) in [6.07, 6.45) is 4.52. The molecule has 102 valence electrons. The van der Waals surface area contributed by atoms with E-state index < -0.39 is 0 Å². The molecule has 5 heteroatoms. The quantitative estimate of drug-likeness (QED) is 0.750. The SMILES string of the molecule is CN1CCCC(CNC(=O)[C@H]2CCCC(=O)N2)C1. The normalized spacial score (nSPS) is 29.7. The fourth-order valence-corrected chi connectivity index (χ4v) is 2.81. The monoisotopic (exact) mass is 253 g/mol. The molecule has 5 nitrogen and oxygen atoms in total. The Labute approximate surface area is 108 Å². The van der Waals surface area contributed by atoms with Gasteiger partial charge in [0, 0.05) is 19.5 Å². The van der Waals surface area contributed by atoms with Gasteiger partial charge in [-0.25, -0.2) is 0 Å². The van der Waals surface area contributed by atoms with Gasteiger partial charge in [0.05, 0.1) is 0 Å².